The largest absolute Gasteiger partial charge is 0.395 e. The molecular formula is C10H17N3O. The molecule has 0 saturated carbocycles. The van der Waals surface area contributed by atoms with Crippen molar-refractivity contribution in [3.05, 3.63) is 18.5 Å². The van der Waals surface area contributed by atoms with Gasteiger partial charge in [-0.1, -0.05) is 0 Å². The summed E-state index contributed by atoms with van der Waals surface area (Å²) in [5.74, 6) is 0. The first-order valence-electron chi connectivity index (χ1n) is 4.79. The van der Waals surface area contributed by atoms with Crippen LogP contribution in [0.15, 0.2) is 18.5 Å². The van der Waals surface area contributed by atoms with E-state index in [4.69, 9.17) is 5.11 Å². The summed E-state index contributed by atoms with van der Waals surface area (Å²) >= 11 is 0. The van der Waals surface area contributed by atoms with E-state index in [2.05, 4.69) is 10.3 Å². The van der Waals surface area contributed by atoms with Crippen LogP contribution >= 0.6 is 0 Å². The van der Waals surface area contributed by atoms with Crippen molar-refractivity contribution < 1.29 is 5.11 Å². The molecule has 1 aromatic heterocycles. The fourth-order valence-corrected chi connectivity index (χ4v) is 1.22. The molecule has 1 heterocycles. The van der Waals surface area contributed by atoms with Crippen molar-refractivity contribution in [1.82, 2.24) is 4.98 Å². The number of aromatic nitrogens is 1. The third-order valence-corrected chi connectivity index (χ3v) is 1.98. The van der Waals surface area contributed by atoms with Crippen LogP contribution in [0, 0.1) is 0 Å². The van der Waals surface area contributed by atoms with E-state index in [-0.39, 0.29) is 6.61 Å². The minimum atomic E-state index is 0.155. The summed E-state index contributed by atoms with van der Waals surface area (Å²) in [5, 5.41) is 12.0. The maximum atomic E-state index is 8.79. The van der Waals surface area contributed by atoms with E-state index in [1.54, 1.807) is 12.4 Å². The Morgan fingerprint density at radius 3 is 2.93 bits per heavy atom. The van der Waals surface area contributed by atoms with Gasteiger partial charge in [-0.3, -0.25) is 4.98 Å². The second kappa shape index (κ2) is 5.44. The normalized spacial score (nSPS) is 9.93. The molecule has 0 fully saturated rings. The highest BCUT2D eigenvalue weighted by Crippen LogP contribution is 2.15. The van der Waals surface area contributed by atoms with Gasteiger partial charge in [-0.15, -0.1) is 0 Å². The Hall–Kier alpha value is -1.29. The Kier molecular flexibility index (Phi) is 4.19. The minimum absolute atomic E-state index is 0.155. The third-order valence-electron chi connectivity index (χ3n) is 1.98. The molecule has 4 nitrogen and oxygen atoms in total. The van der Waals surface area contributed by atoms with E-state index in [9.17, 15) is 0 Å². The molecule has 0 spiro atoms. The predicted molar refractivity (Wildman–Crippen MR) is 58.8 cm³/mol. The average molecular weight is 195 g/mol. The van der Waals surface area contributed by atoms with Crippen LogP contribution in [0.25, 0.3) is 0 Å². The molecular weight excluding hydrogens is 178 g/mol. The molecule has 0 radical (unpaired) electrons. The van der Waals surface area contributed by atoms with Gasteiger partial charge in [-0.05, 0) is 13.0 Å². The van der Waals surface area contributed by atoms with Crippen molar-refractivity contribution in [1.29, 1.82) is 0 Å². The second-order valence-electron chi connectivity index (χ2n) is 3.11. The number of hydrogen-bond acceptors (Lipinski definition) is 4. The quantitative estimate of drug-likeness (QED) is 0.734. The lowest BCUT2D eigenvalue weighted by atomic mass is 10.3. The average Bonchev–Trinajstić information content (AvgIpc) is 2.19. The van der Waals surface area contributed by atoms with Gasteiger partial charge in [0.2, 0.25) is 0 Å². The first-order valence-corrected chi connectivity index (χ1v) is 4.79. The highest BCUT2D eigenvalue weighted by atomic mass is 16.3. The molecule has 0 aliphatic carbocycles. The molecule has 0 unspecified atom stereocenters. The molecule has 0 amide bonds. The number of hydrogen-bond donors (Lipinski definition) is 2. The number of rotatable bonds is 5. The van der Waals surface area contributed by atoms with E-state index < -0.39 is 0 Å². The van der Waals surface area contributed by atoms with Crippen LogP contribution in [-0.2, 0) is 0 Å². The summed E-state index contributed by atoms with van der Waals surface area (Å²) in [7, 11) is 1.93. The molecule has 1 aromatic rings. The molecule has 2 N–H and O–H groups in total. The number of aliphatic hydroxyl groups excluding tert-OH is 1. The number of pyridine rings is 1. The zero-order valence-electron chi connectivity index (χ0n) is 8.70. The van der Waals surface area contributed by atoms with Gasteiger partial charge in [0, 0.05) is 20.1 Å². The van der Waals surface area contributed by atoms with Crippen LogP contribution in [0.2, 0.25) is 0 Å². The predicted octanol–water partition coefficient (Wildman–Crippen LogP) is 0.942. The van der Waals surface area contributed by atoms with E-state index in [1.165, 1.54) is 0 Å². The minimum Gasteiger partial charge on any atom is -0.395 e. The van der Waals surface area contributed by atoms with E-state index in [0.29, 0.717) is 6.54 Å². The van der Waals surface area contributed by atoms with Gasteiger partial charge < -0.3 is 15.3 Å². The van der Waals surface area contributed by atoms with Crippen LogP contribution in [0.1, 0.15) is 6.92 Å². The Morgan fingerprint density at radius 1 is 1.50 bits per heavy atom. The summed E-state index contributed by atoms with van der Waals surface area (Å²) in [6, 6.07) is 2.02. The molecule has 0 bridgehead atoms. The Balaban J connectivity index is 2.71. The van der Waals surface area contributed by atoms with E-state index in [0.717, 1.165) is 17.9 Å². The van der Waals surface area contributed by atoms with Crippen molar-refractivity contribution >= 4 is 11.4 Å². The van der Waals surface area contributed by atoms with Gasteiger partial charge in [-0.2, -0.15) is 0 Å². The Morgan fingerprint density at radius 2 is 2.29 bits per heavy atom. The maximum absolute atomic E-state index is 8.79. The van der Waals surface area contributed by atoms with Crippen LogP contribution in [0.4, 0.5) is 11.4 Å². The van der Waals surface area contributed by atoms with Gasteiger partial charge in [0.05, 0.1) is 30.4 Å². The lowest BCUT2D eigenvalue weighted by Crippen LogP contribution is -2.21. The maximum Gasteiger partial charge on any atom is 0.0606 e. The summed E-state index contributed by atoms with van der Waals surface area (Å²) in [6.45, 7) is 3.71. The van der Waals surface area contributed by atoms with E-state index in [1.807, 2.05) is 24.9 Å². The molecule has 1 rings (SSSR count). The summed E-state index contributed by atoms with van der Waals surface area (Å²) in [6.07, 6.45) is 3.58. The Bertz CT molecular complexity index is 278. The second-order valence-corrected chi connectivity index (χ2v) is 3.11. The Labute approximate surface area is 84.6 Å². The standard InChI is InChI=1S/C10H17N3O/c1-3-12-9-6-10(8-11-7-9)13(2)4-5-14/h6-8,12,14H,3-5H2,1-2H3. The van der Waals surface area contributed by atoms with Gasteiger partial charge in [0.25, 0.3) is 0 Å². The summed E-state index contributed by atoms with van der Waals surface area (Å²) in [4.78, 5) is 6.09. The molecule has 0 saturated heterocycles. The lowest BCUT2D eigenvalue weighted by molar-refractivity contribution is 0.304. The van der Waals surface area contributed by atoms with E-state index >= 15 is 0 Å². The van der Waals surface area contributed by atoms with Crippen LogP contribution in [0.3, 0.4) is 0 Å². The van der Waals surface area contributed by atoms with Crippen molar-refractivity contribution in [2.75, 3.05) is 37.0 Å². The number of likely N-dealkylation sites (N-methyl/N-ethyl adjacent to an activating group) is 1. The zero-order valence-corrected chi connectivity index (χ0v) is 8.70. The first kappa shape index (κ1) is 10.8. The number of nitrogens with zero attached hydrogens (tertiary/aromatic N) is 2. The first-order chi connectivity index (χ1) is 6.77. The van der Waals surface area contributed by atoms with Gasteiger partial charge in [-0.25, -0.2) is 0 Å². The summed E-state index contributed by atoms with van der Waals surface area (Å²) < 4.78 is 0. The summed E-state index contributed by atoms with van der Waals surface area (Å²) in [5.41, 5.74) is 2.02. The fraction of sp³-hybridized carbons (Fsp3) is 0.500. The van der Waals surface area contributed by atoms with Crippen molar-refractivity contribution in [2.24, 2.45) is 0 Å². The highest BCUT2D eigenvalue weighted by molar-refractivity contribution is 5.55. The van der Waals surface area contributed by atoms with Crippen LogP contribution in [-0.4, -0.2) is 36.8 Å². The lowest BCUT2D eigenvalue weighted by Gasteiger charge is -2.18. The number of anilines is 2. The smallest absolute Gasteiger partial charge is 0.0606 e. The van der Waals surface area contributed by atoms with Crippen LogP contribution in [0.5, 0.6) is 0 Å². The fourth-order valence-electron chi connectivity index (χ4n) is 1.22. The zero-order chi connectivity index (χ0) is 10.4. The molecule has 14 heavy (non-hydrogen) atoms. The van der Waals surface area contributed by atoms with Gasteiger partial charge in [0.1, 0.15) is 0 Å². The molecule has 0 aliphatic rings. The SMILES string of the molecule is CCNc1cncc(N(C)CCO)c1. The van der Waals surface area contributed by atoms with Crippen molar-refractivity contribution in [2.45, 2.75) is 6.92 Å². The molecule has 0 atom stereocenters. The van der Waals surface area contributed by atoms with Crippen molar-refractivity contribution in [3.63, 3.8) is 0 Å². The van der Waals surface area contributed by atoms with Crippen LogP contribution < -0.4 is 10.2 Å². The van der Waals surface area contributed by atoms with Gasteiger partial charge >= 0.3 is 0 Å². The highest BCUT2D eigenvalue weighted by Gasteiger charge is 2.00. The third kappa shape index (κ3) is 2.88. The van der Waals surface area contributed by atoms with Crippen molar-refractivity contribution in [3.8, 4) is 0 Å². The van der Waals surface area contributed by atoms with Gasteiger partial charge in [0.15, 0.2) is 0 Å². The molecule has 0 aromatic carbocycles. The molecule has 0 aliphatic heterocycles. The molecule has 4 heteroatoms. The topological polar surface area (TPSA) is 48.4 Å². The molecule has 78 valence electrons. The number of nitrogens with one attached hydrogen (secondary N) is 1. The monoisotopic (exact) mass is 195 g/mol. The number of aliphatic hydroxyl groups is 1.